The predicted octanol–water partition coefficient (Wildman–Crippen LogP) is 11.9. The molecule has 0 saturated carbocycles. The van der Waals surface area contributed by atoms with Gasteiger partial charge in [0.1, 0.15) is 6.10 Å². The van der Waals surface area contributed by atoms with E-state index in [0.29, 0.717) is 6.42 Å². The van der Waals surface area contributed by atoms with E-state index in [1.807, 2.05) is 0 Å². The Morgan fingerprint density at radius 2 is 0.950 bits per heavy atom. The fraction of sp³-hybridized carbons (Fsp3) is 0.889. The van der Waals surface area contributed by atoms with Gasteiger partial charge in [-0.3, -0.25) is 9.59 Å². The highest BCUT2D eigenvalue weighted by Crippen LogP contribution is 2.16. The summed E-state index contributed by atoms with van der Waals surface area (Å²) in [5.74, 6) is -0.793. The van der Waals surface area contributed by atoms with Crippen LogP contribution >= 0.6 is 0 Å². The molecule has 0 aliphatic carbocycles. The molecule has 40 heavy (non-hydrogen) atoms. The molecule has 0 amide bonds. The third-order valence-electron chi connectivity index (χ3n) is 7.95. The van der Waals surface area contributed by atoms with Crippen molar-refractivity contribution in [2.45, 2.75) is 206 Å². The fourth-order valence-electron chi connectivity index (χ4n) is 5.34. The highest BCUT2D eigenvalue weighted by atomic mass is 16.5. The summed E-state index contributed by atoms with van der Waals surface area (Å²) in [5.41, 5.74) is 0. The molecule has 1 atom stereocenters. The number of hydrogen-bond acceptors (Lipinski definition) is 3. The monoisotopic (exact) mass is 565 g/mol. The Balaban J connectivity index is 3.58. The van der Waals surface area contributed by atoms with Crippen molar-refractivity contribution in [3.8, 4) is 0 Å². The van der Waals surface area contributed by atoms with Gasteiger partial charge in [0.25, 0.3) is 0 Å². The molecule has 4 heteroatoms. The summed E-state index contributed by atoms with van der Waals surface area (Å²) < 4.78 is 5.76. The van der Waals surface area contributed by atoms with Crippen LogP contribution in [0.15, 0.2) is 12.2 Å². The second kappa shape index (κ2) is 32.2. The number of rotatable bonds is 32. The number of carboxylic acid groups (broad SMARTS) is 1. The van der Waals surface area contributed by atoms with Gasteiger partial charge in [-0.15, -0.1) is 0 Å². The first-order valence-corrected chi connectivity index (χ1v) is 17.7. The zero-order chi connectivity index (χ0) is 29.4. The van der Waals surface area contributed by atoms with Gasteiger partial charge in [-0.25, -0.2) is 0 Å². The molecule has 1 N–H and O–H groups in total. The van der Waals surface area contributed by atoms with E-state index in [-0.39, 0.29) is 18.5 Å². The number of aliphatic carboxylic acids is 1. The van der Waals surface area contributed by atoms with Crippen LogP contribution in [0.5, 0.6) is 0 Å². The van der Waals surface area contributed by atoms with E-state index >= 15 is 0 Å². The van der Waals surface area contributed by atoms with Crippen molar-refractivity contribution >= 4 is 11.9 Å². The van der Waals surface area contributed by atoms with Crippen LogP contribution in [0.2, 0.25) is 0 Å². The Labute approximate surface area is 249 Å². The van der Waals surface area contributed by atoms with Crippen LogP contribution in [0.25, 0.3) is 0 Å². The van der Waals surface area contributed by atoms with Gasteiger partial charge in [-0.1, -0.05) is 161 Å². The van der Waals surface area contributed by atoms with Gasteiger partial charge in [-0.2, -0.15) is 0 Å². The average molecular weight is 565 g/mol. The molecule has 0 aromatic rings. The molecular formula is C36H68O4. The lowest BCUT2D eigenvalue weighted by Crippen LogP contribution is -2.16. The van der Waals surface area contributed by atoms with Crippen LogP contribution < -0.4 is 0 Å². The predicted molar refractivity (Wildman–Crippen MR) is 172 cm³/mol. The van der Waals surface area contributed by atoms with Gasteiger partial charge < -0.3 is 9.84 Å². The van der Waals surface area contributed by atoms with E-state index in [2.05, 4.69) is 26.0 Å². The lowest BCUT2D eigenvalue weighted by molar-refractivity contribution is -0.147. The largest absolute Gasteiger partial charge is 0.481 e. The first-order chi connectivity index (χ1) is 19.6. The molecule has 0 aromatic carbocycles. The number of carbonyl (C=O) groups excluding carboxylic acids is 1. The summed E-state index contributed by atoms with van der Waals surface area (Å²) in [7, 11) is 0. The topological polar surface area (TPSA) is 63.6 Å². The minimum atomic E-state index is -0.723. The van der Waals surface area contributed by atoms with Gasteiger partial charge in [0.15, 0.2) is 0 Å². The van der Waals surface area contributed by atoms with Crippen molar-refractivity contribution in [1.82, 2.24) is 0 Å². The zero-order valence-corrected chi connectivity index (χ0v) is 26.9. The van der Waals surface area contributed by atoms with E-state index in [1.54, 1.807) is 0 Å². The molecule has 0 aliphatic rings. The summed E-state index contributed by atoms with van der Waals surface area (Å²) in [6, 6.07) is 0. The number of esters is 1. The molecule has 0 aromatic heterocycles. The van der Waals surface area contributed by atoms with Crippen LogP contribution in [0.4, 0.5) is 0 Å². The van der Waals surface area contributed by atoms with E-state index in [9.17, 15) is 9.59 Å². The molecule has 0 radical (unpaired) electrons. The van der Waals surface area contributed by atoms with Crippen LogP contribution in [-0.2, 0) is 14.3 Å². The maximum absolute atomic E-state index is 12.4. The molecule has 4 nitrogen and oxygen atoms in total. The zero-order valence-electron chi connectivity index (χ0n) is 26.9. The number of ether oxygens (including phenoxy) is 1. The Morgan fingerprint density at radius 3 is 1.38 bits per heavy atom. The molecule has 1 unspecified atom stereocenters. The fourth-order valence-corrected chi connectivity index (χ4v) is 5.34. The van der Waals surface area contributed by atoms with Gasteiger partial charge in [0, 0.05) is 12.8 Å². The first kappa shape index (κ1) is 38.7. The van der Waals surface area contributed by atoms with Crippen molar-refractivity contribution < 1.29 is 19.4 Å². The molecule has 0 bridgehead atoms. The van der Waals surface area contributed by atoms with E-state index in [0.717, 1.165) is 57.8 Å². The Hall–Kier alpha value is -1.32. The summed E-state index contributed by atoms with van der Waals surface area (Å²) in [6.07, 6.45) is 38.5. The molecule has 0 rings (SSSR count). The van der Waals surface area contributed by atoms with Gasteiger partial charge in [0.2, 0.25) is 0 Å². The quantitative estimate of drug-likeness (QED) is 0.0501. The Morgan fingerprint density at radius 1 is 0.550 bits per heavy atom. The lowest BCUT2D eigenvalue weighted by atomic mass is 10.0. The number of allylic oxidation sites excluding steroid dienone is 1. The molecule has 0 spiro atoms. The summed E-state index contributed by atoms with van der Waals surface area (Å²) in [5, 5.41) is 8.74. The van der Waals surface area contributed by atoms with Crippen LogP contribution in [0.3, 0.4) is 0 Å². The van der Waals surface area contributed by atoms with Crippen molar-refractivity contribution in [3.63, 3.8) is 0 Å². The number of carbonyl (C=O) groups is 2. The summed E-state index contributed by atoms with van der Waals surface area (Å²) in [6.45, 7) is 4.43. The molecule has 0 fully saturated rings. The molecule has 236 valence electrons. The van der Waals surface area contributed by atoms with Crippen molar-refractivity contribution in [2.24, 2.45) is 0 Å². The van der Waals surface area contributed by atoms with Crippen LogP contribution in [0, 0.1) is 0 Å². The number of hydrogen-bond donors (Lipinski definition) is 1. The Bertz CT molecular complexity index is 571. The van der Waals surface area contributed by atoms with Crippen molar-refractivity contribution in [3.05, 3.63) is 12.2 Å². The van der Waals surface area contributed by atoms with E-state index in [4.69, 9.17) is 9.84 Å². The SMILES string of the molecule is CCC/C=C\C(CCCCCCC(=O)O)OC(=O)CCCCCCCCCCCCCCCCCCCCCC. The lowest BCUT2D eigenvalue weighted by Gasteiger charge is -2.14. The van der Waals surface area contributed by atoms with Crippen LogP contribution in [-0.4, -0.2) is 23.1 Å². The maximum Gasteiger partial charge on any atom is 0.306 e. The van der Waals surface area contributed by atoms with Crippen LogP contribution in [0.1, 0.15) is 200 Å². The second-order valence-electron chi connectivity index (χ2n) is 12.1. The smallest absolute Gasteiger partial charge is 0.306 e. The molecule has 0 saturated heterocycles. The standard InChI is InChI=1S/C36H68O4/c1-3-5-7-8-9-10-11-12-13-14-15-16-17-18-19-20-21-22-23-29-33-36(39)40-34(30-26-6-4-2)31-27-24-25-28-32-35(37)38/h26,30,34H,3-25,27-29,31-33H2,1-2H3,(H,37,38)/b30-26-. The highest BCUT2D eigenvalue weighted by Gasteiger charge is 2.11. The highest BCUT2D eigenvalue weighted by molar-refractivity contribution is 5.69. The molecule has 0 aliphatic heterocycles. The van der Waals surface area contributed by atoms with E-state index in [1.165, 1.54) is 116 Å². The van der Waals surface area contributed by atoms with Crippen molar-refractivity contribution in [2.75, 3.05) is 0 Å². The minimum Gasteiger partial charge on any atom is -0.481 e. The van der Waals surface area contributed by atoms with Gasteiger partial charge in [-0.05, 0) is 38.2 Å². The number of carboxylic acids is 1. The molecule has 0 heterocycles. The van der Waals surface area contributed by atoms with Gasteiger partial charge >= 0.3 is 11.9 Å². The summed E-state index contributed by atoms with van der Waals surface area (Å²) >= 11 is 0. The first-order valence-electron chi connectivity index (χ1n) is 17.7. The Kier molecular flexibility index (Phi) is 31.1. The minimum absolute atomic E-state index is 0.0700. The third-order valence-corrected chi connectivity index (χ3v) is 7.95. The second-order valence-corrected chi connectivity index (χ2v) is 12.1. The average Bonchev–Trinajstić information content (AvgIpc) is 2.93. The maximum atomic E-state index is 12.4. The van der Waals surface area contributed by atoms with Gasteiger partial charge in [0.05, 0.1) is 0 Å². The number of unbranched alkanes of at least 4 members (excludes halogenated alkanes) is 23. The normalized spacial score (nSPS) is 12.2. The summed E-state index contributed by atoms with van der Waals surface area (Å²) in [4.78, 5) is 23.0. The molecular weight excluding hydrogens is 496 g/mol. The van der Waals surface area contributed by atoms with E-state index < -0.39 is 5.97 Å². The van der Waals surface area contributed by atoms with Crippen molar-refractivity contribution in [1.29, 1.82) is 0 Å². The third kappa shape index (κ3) is 31.2.